The predicted octanol–water partition coefficient (Wildman–Crippen LogP) is 6.00. The minimum Gasteiger partial charge on any atom is -0.442 e. The molecule has 0 spiro atoms. The summed E-state index contributed by atoms with van der Waals surface area (Å²) in [5.41, 5.74) is 1.26. The lowest BCUT2D eigenvalue weighted by Crippen LogP contribution is -2.45. The van der Waals surface area contributed by atoms with Gasteiger partial charge < -0.3 is 14.1 Å². The van der Waals surface area contributed by atoms with Gasteiger partial charge in [0.15, 0.2) is 5.75 Å². The van der Waals surface area contributed by atoms with Gasteiger partial charge in [-0.25, -0.2) is 4.79 Å². The first-order chi connectivity index (χ1) is 15.8. The van der Waals surface area contributed by atoms with Gasteiger partial charge in [-0.05, 0) is 64.5 Å². The third-order valence-corrected chi connectivity index (χ3v) is 5.64. The van der Waals surface area contributed by atoms with Gasteiger partial charge in [-0.2, -0.15) is 0 Å². The van der Waals surface area contributed by atoms with Crippen LogP contribution in [-0.2, 0) is 11.8 Å². The molecule has 2 aromatic heterocycles. The van der Waals surface area contributed by atoms with Crippen molar-refractivity contribution < 1.29 is 14.4 Å². The Morgan fingerprint density at radius 2 is 1.91 bits per heavy atom. The Morgan fingerprint density at radius 3 is 2.50 bits per heavy atom. The van der Waals surface area contributed by atoms with E-state index in [1.165, 1.54) is 5.06 Å². The Hall–Kier alpha value is -3.35. The van der Waals surface area contributed by atoms with Crippen molar-refractivity contribution in [1.82, 2.24) is 14.6 Å². The second kappa shape index (κ2) is 9.49. The second-order valence-electron chi connectivity index (χ2n) is 10.2. The lowest BCUT2D eigenvalue weighted by atomic mass is 10.0. The number of pyridine rings is 2. The number of rotatable bonds is 6. The van der Waals surface area contributed by atoms with E-state index < -0.39 is 11.7 Å². The van der Waals surface area contributed by atoms with E-state index in [1.807, 2.05) is 46.8 Å². The standard InChI is InChI=1S/C27H35N3O4/c1-10-19-14-21-20-11-12-28-18(5)24(20)25(31)29(9)22(21)15-23(19)34-30(17(4)13-16(2)3)26(32)33-27(6,7)8/h10-12,14-17H,1,13H2,2-9H3/t17-/m0/s1. The van der Waals surface area contributed by atoms with Crippen molar-refractivity contribution in [3.63, 3.8) is 0 Å². The fraction of sp³-hybridized carbons (Fsp3) is 0.444. The molecule has 0 bridgehead atoms. The summed E-state index contributed by atoms with van der Waals surface area (Å²) >= 11 is 0. The molecule has 1 amide bonds. The van der Waals surface area contributed by atoms with Crippen LogP contribution in [0.4, 0.5) is 4.79 Å². The summed E-state index contributed by atoms with van der Waals surface area (Å²) in [5.74, 6) is 0.771. The molecule has 0 saturated heterocycles. The maximum Gasteiger partial charge on any atom is 0.443 e. The van der Waals surface area contributed by atoms with Gasteiger partial charge in [-0.3, -0.25) is 9.78 Å². The van der Waals surface area contributed by atoms with Crippen LogP contribution in [0.5, 0.6) is 5.75 Å². The monoisotopic (exact) mass is 465 g/mol. The molecule has 0 unspecified atom stereocenters. The van der Waals surface area contributed by atoms with Crippen LogP contribution >= 0.6 is 0 Å². The van der Waals surface area contributed by atoms with Crippen LogP contribution in [0.2, 0.25) is 0 Å². The number of amides is 1. The Labute approximate surface area is 200 Å². The molecule has 1 atom stereocenters. The molecule has 0 fully saturated rings. The number of hydrogen-bond acceptors (Lipinski definition) is 5. The number of carbonyl (C=O) groups is 1. The van der Waals surface area contributed by atoms with Crippen LogP contribution < -0.4 is 10.4 Å². The minimum absolute atomic E-state index is 0.137. The maximum absolute atomic E-state index is 13.1. The molecule has 34 heavy (non-hydrogen) atoms. The van der Waals surface area contributed by atoms with E-state index in [1.54, 1.807) is 30.0 Å². The Kier molecular flexibility index (Phi) is 7.05. The molecule has 3 rings (SSSR count). The molecule has 0 radical (unpaired) electrons. The predicted molar refractivity (Wildman–Crippen MR) is 137 cm³/mol. The number of benzene rings is 1. The van der Waals surface area contributed by atoms with E-state index in [2.05, 4.69) is 25.4 Å². The van der Waals surface area contributed by atoms with Gasteiger partial charge in [-0.1, -0.05) is 26.5 Å². The van der Waals surface area contributed by atoms with E-state index >= 15 is 0 Å². The summed E-state index contributed by atoms with van der Waals surface area (Å²) in [5, 5.41) is 3.57. The first-order valence-corrected chi connectivity index (χ1v) is 11.6. The number of aromatic nitrogens is 2. The molecule has 0 aliphatic rings. The van der Waals surface area contributed by atoms with Crippen LogP contribution in [0.15, 0.2) is 35.8 Å². The van der Waals surface area contributed by atoms with Crippen molar-refractivity contribution in [3.05, 3.63) is 52.6 Å². The Balaban J connectivity index is 2.19. The molecule has 7 heteroatoms. The first kappa shape index (κ1) is 25.3. The lowest BCUT2D eigenvalue weighted by molar-refractivity contribution is -0.0967. The molecular formula is C27H35N3O4. The van der Waals surface area contributed by atoms with Crippen LogP contribution in [0.25, 0.3) is 27.8 Å². The smallest absolute Gasteiger partial charge is 0.442 e. The highest BCUT2D eigenvalue weighted by molar-refractivity contribution is 6.07. The number of ether oxygens (including phenoxy) is 1. The summed E-state index contributed by atoms with van der Waals surface area (Å²) in [7, 11) is 1.72. The summed E-state index contributed by atoms with van der Waals surface area (Å²) in [4.78, 5) is 36.7. The van der Waals surface area contributed by atoms with Crippen LogP contribution in [0.1, 0.15) is 59.2 Å². The molecule has 7 nitrogen and oxygen atoms in total. The normalized spacial score (nSPS) is 12.7. The molecular weight excluding hydrogens is 430 g/mol. The largest absolute Gasteiger partial charge is 0.443 e. The molecule has 1 aromatic carbocycles. The summed E-state index contributed by atoms with van der Waals surface area (Å²) < 4.78 is 7.21. The highest BCUT2D eigenvalue weighted by Crippen LogP contribution is 2.32. The number of hydroxylamine groups is 2. The maximum atomic E-state index is 13.1. The van der Waals surface area contributed by atoms with Crippen molar-refractivity contribution in [1.29, 1.82) is 0 Å². The van der Waals surface area contributed by atoms with Crippen molar-refractivity contribution >= 4 is 33.8 Å². The van der Waals surface area contributed by atoms with E-state index in [9.17, 15) is 9.59 Å². The molecule has 2 heterocycles. The average molecular weight is 466 g/mol. The van der Waals surface area contributed by atoms with Gasteiger partial charge in [0, 0.05) is 30.3 Å². The topological polar surface area (TPSA) is 73.7 Å². The van der Waals surface area contributed by atoms with Gasteiger partial charge in [0.2, 0.25) is 0 Å². The highest BCUT2D eigenvalue weighted by Gasteiger charge is 2.29. The number of hydrogen-bond donors (Lipinski definition) is 0. The third kappa shape index (κ3) is 5.08. The van der Waals surface area contributed by atoms with Crippen molar-refractivity contribution in [3.8, 4) is 5.75 Å². The zero-order chi connectivity index (χ0) is 25.4. The van der Waals surface area contributed by atoms with Crippen molar-refractivity contribution in [2.45, 2.75) is 66.5 Å². The average Bonchev–Trinajstić information content (AvgIpc) is 2.73. The Morgan fingerprint density at radius 1 is 1.24 bits per heavy atom. The van der Waals surface area contributed by atoms with Crippen LogP contribution in [-0.4, -0.2) is 32.4 Å². The van der Waals surface area contributed by atoms with Crippen LogP contribution in [0, 0.1) is 12.8 Å². The summed E-state index contributed by atoms with van der Waals surface area (Å²) in [6.45, 7) is 17.3. The molecule has 0 saturated carbocycles. The molecule has 0 N–H and O–H groups in total. The van der Waals surface area contributed by atoms with Gasteiger partial charge in [-0.15, -0.1) is 5.06 Å². The number of carbonyl (C=O) groups excluding carboxylic acids is 1. The molecule has 0 aliphatic carbocycles. The number of fused-ring (bicyclic) bond motifs is 3. The molecule has 0 aliphatic heterocycles. The van der Waals surface area contributed by atoms with E-state index in [4.69, 9.17) is 9.57 Å². The quantitative estimate of drug-likeness (QED) is 0.330. The number of aryl methyl sites for hydroxylation is 2. The van der Waals surface area contributed by atoms with E-state index in [0.29, 0.717) is 33.8 Å². The minimum atomic E-state index is -0.671. The fourth-order valence-electron chi connectivity index (χ4n) is 4.15. The molecule has 3 aromatic rings. The number of nitrogens with zero attached hydrogens (tertiary/aromatic N) is 3. The van der Waals surface area contributed by atoms with E-state index in [-0.39, 0.29) is 11.6 Å². The van der Waals surface area contributed by atoms with Crippen molar-refractivity contribution in [2.24, 2.45) is 13.0 Å². The zero-order valence-corrected chi connectivity index (χ0v) is 21.4. The van der Waals surface area contributed by atoms with Gasteiger partial charge in [0.25, 0.3) is 5.56 Å². The summed E-state index contributed by atoms with van der Waals surface area (Å²) in [6, 6.07) is 5.32. The van der Waals surface area contributed by atoms with Crippen LogP contribution in [0.3, 0.4) is 0 Å². The van der Waals surface area contributed by atoms with Gasteiger partial charge in [0.05, 0.1) is 22.6 Å². The third-order valence-electron chi connectivity index (χ3n) is 5.64. The highest BCUT2D eigenvalue weighted by atomic mass is 16.7. The zero-order valence-electron chi connectivity index (χ0n) is 21.4. The fourth-order valence-corrected chi connectivity index (χ4v) is 4.15. The SMILES string of the molecule is C=Cc1cc2c3ccnc(C)c3c(=O)n(C)c2cc1ON(C(=O)OC(C)(C)C)[C@@H](C)CC(C)C. The van der Waals surface area contributed by atoms with Crippen molar-refractivity contribution in [2.75, 3.05) is 0 Å². The second-order valence-corrected chi connectivity index (χ2v) is 10.2. The molecule has 182 valence electrons. The summed E-state index contributed by atoms with van der Waals surface area (Å²) in [6.07, 6.45) is 3.54. The van der Waals surface area contributed by atoms with Gasteiger partial charge >= 0.3 is 6.09 Å². The lowest BCUT2D eigenvalue weighted by Gasteiger charge is -2.32. The Bertz CT molecular complexity index is 1300. The first-order valence-electron chi connectivity index (χ1n) is 11.6. The van der Waals surface area contributed by atoms with E-state index in [0.717, 1.165) is 17.2 Å². The van der Waals surface area contributed by atoms with Gasteiger partial charge in [0.1, 0.15) is 5.60 Å².